The van der Waals surface area contributed by atoms with Crippen LogP contribution in [-0.4, -0.2) is 23.6 Å². The second kappa shape index (κ2) is 8.05. The van der Waals surface area contributed by atoms with Crippen LogP contribution in [0.5, 0.6) is 0 Å². The van der Waals surface area contributed by atoms with Crippen LogP contribution in [0.3, 0.4) is 0 Å². The number of carbonyl (C=O) groups is 2. The summed E-state index contributed by atoms with van der Waals surface area (Å²) in [6.45, 7) is 3.08. The Morgan fingerprint density at radius 3 is 2.67 bits per heavy atom. The predicted molar refractivity (Wildman–Crippen MR) is 102 cm³/mol. The maximum atomic E-state index is 12.5. The van der Waals surface area contributed by atoms with E-state index in [-0.39, 0.29) is 17.0 Å². The van der Waals surface area contributed by atoms with Crippen molar-refractivity contribution in [3.8, 4) is 11.3 Å². The number of esters is 1. The van der Waals surface area contributed by atoms with Crippen molar-refractivity contribution in [2.45, 2.75) is 13.8 Å². The molecule has 1 amide bonds. The summed E-state index contributed by atoms with van der Waals surface area (Å²) in [5, 5.41) is 7.02. The van der Waals surface area contributed by atoms with Gasteiger partial charge in [-0.2, -0.15) is 0 Å². The topological polar surface area (TPSA) is 81.4 Å². The molecule has 0 fully saturated rings. The van der Waals surface area contributed by atoms with Crippen molar-refractivity contribution in [3.05, 3.63) is 70.4 Å². The van der Waals surface area contributed by atoms with Gasteiger partial charge in [0.1, 0.15) is 17.0 Å². The average Bonchev–Trinajstić information content (AvgIpc) is 3.01. The van der Waals surface area contributed by atoms with E-state index in [0.29, 0.717) is 16.3 Å². The van der Waals surface area contributed by atoms with Crippen LogP contribution in [0.2, 0.25) is 5.02 Å². The third-order valence-electron chi connectivity index (χ3n) is 3.83. The Morgan fingerprint density at radius 2 is 1.93 bits per heavy atom. The third kappa shape index (κ3) is 4.35. The monoisotopic (exact) mass is 384 g/mol. The van der Waals surface area contributed by atoms with Crippen LogP contribution in [0.1, 0.15) is 21.7 Å². The Balaban J connectivity index is 1.71. The molecule has 0 saturated carbocycles. The van der Waals surface area contributed by atoms with Crippen LogP contribution in [0.4, 0.5) is 5.69 Å². The molecule has 27 heavy (non-hydrogen) atoms. The third-order valence-corrected chi connectivity index (χ3v) is 4.16. The number of hydrogen-bond donors (Lipinski definition) is 1. The number of amides is 1. The van der Waals surface area contributed by atoms with Crippen LogP contribution in [0, 0.1) is 13.8 Å². The van der Waals surface area contributed by atoms with Gasteiger partial charge in [0.2, 0.25) is 0 Å². The number of carbonyl (C=O) groups excluding carboxylic acids is 2. The summed E-state index contributed by atoms with van der Waals surface area (Å²) in [4.78, 5) is 24.5. The van der Waals surface area contributed by atoms with Gasteiger partial charge in [0.05, 0.1) is 5.02 Å². The zero-order valence-electron chi connectivity index (χ0n) is 14.8. The molecule has 0 atom stereocenters. The quantitative estimate of drug-likeness (QED) is 0.659. The fraction of sp³-hybridized carbons (Fsp3) is 0.150. The summed E-state index contributed by atoms with van der Waals surface area (Å²) >= 11 is 6.18. The van der Waals surface area contributed by atoms with Crippen LogP contribution in [-0.2, 0) is 9.53 Å². The molecule has 0 bridgehead atoms. The summed E-state index contributed by atoms with van der Waals surface area (Å²) in [6, 6.07) is 14.3. The summed E-state index contributed by atoms with van der Waals surface area (Å²) < 4.78 is 10.3. The summed E-state index contributed by atoms with van der Waals surface area (Å²) in [5.74, 6) is -0.862. The molecule has 7 heteroatoms. The Labute approximate surface area is 161 Å². The van der Waals surface area contributed by atoms with Crippen molar-refractivity contribution in [1.29, 1.82) is 0 Å². The average molecular weight is 385 g/mol. The first-order valence-corrected chi connectivity index (χ1v) is 8.58. The van der Waals surface area contributed by atoms with Gasteiger partial charge < -0.3 is 14.6 Å². The number of hydrogen-bond acceptors (Lipinski definition) is 5. The maximum Gasteiger partial charge on any atom is 0.344 e. The summed E-state index contributed by atoms with van der Waals surface area (Å²) in [7, 11) is 0. The van der Waals surface area contributed by atoms with Crippen molar-refractivity contribution in [1.82, 2.24) is 5.16 Å². The van der Waals surface area contributed by atoms with E-state index in [1.165, 1.54) is 0 Å². The molecule has 2 aromatic carbocycles. The molecule has 1 aromatic heterocycles. The van der Waals surface area contributed by atoms with Gasteiger partial charge in [-0.3, -0.25) is 4.79 Å². The number of ether oxygens (including phenoxy) is 1. The van der Waals surface area contributed by atoms with E-state index < -0.39 is 18.5 Å². The Hall–Kier alpha value is -3.12. The number of anilines is 1. The van der Waals surface area contributed by atoms with E-state index in [1.807, 2.05) is 25.1 Å². The molecule has 0 saturated heterocycles. The first-order valence-electron chi connectivity index (χ1n) is 8.20. The van der Waals surface area contributed by atoms with Gasteiger partial charge in [0.25, 0.3) is 5.91 Å². The Bertz CT molecular complexity index is 997. The van der Waals surface area contributed by atoms with E-state index in [2.05, 4.69) is 10.5 Å². The van der Waals surface area contributed by atoms with Gasteiger partial charge in [0, 0.05) is 11.3 Å². The maximum absolute atomic E-state index is 12.5. The molecular weight excluding hydrogens is 368 g/mol. The molecule has 0 unspecified atom stereocenters. The number of aryl methyl sites for hydroxylation is 2. The van der Waals surface area contributed by atoms with E-state index in [1.54, 1.807) is 37.3 Å². The predicted octanol–water partition coefficient (Wildman–Crippen LogP) is 4.41. The van der Waals surface area contributed by atoms with Gasteiger partial charge in [-0.05, 0) is 37.6 Å². The lowest BCUT2D eigenvalue weighted by atomic mass is 10.1. The molecule has 6 nitrogen and oxygen atoms in total. The smallest absolute Gasteiger partial charge is 0.344 e. The van der Waals surface area contributed by atoms with E-state index in [4.69, 9.17) is 20.9 Å². The van der Waals surface area contributed by atoms with Crippen molar-refractivity contribution >= 4 is 29.2 Å². The largest absolute Gasteiger partial charge is 0.452 e. The number of rotatable bonds is 5. The highest BCUT2D eigenvalue weighted by atomic mass is 35.5. The molecule has 1 N–H and O–H groups in total. The SMILES string of the molecule is Cc1cccc(NC(=O)COC(=O)c2c(-c3ccccc3Cl)noc2C)c1. The Morgan fingerprint density at radius 1 is 1.15 bits per heavy atom. The number of nitrogens with one attached hydrogen (secondary N) is 1. The van der Waals surface area contributed by atoms with Gasteiger partial charge in [-0.15, -0.1) is 0 Å². The van der Waals surface area contributed by atoms with Crippen molar-refractivity contribution < 1.29 is 18.8 Å². The zero-order valence-corrected chi connectivity index (χ0v) is 15.5. The number of aromatic nitrogens is 1. The minimum Gasteiger partial charge on any atom is -0.452 e. The molecule has 1 heterocycles. The normalized spacial score (nSPS) is 10.5. The second-order valence-electron chi connectivity index (χ2n) is 5.94. The van der Waals surface area contributed by atoms with Gasteiger partial charge in [-0.25, -0.2) is 4.79 Å². The highest BCUT2D eigenvalue weighted by molar-refractivity contribution is 6.33. The van der Waals surface area contributed by atoms with Gasteiger partial charge in [0.15, 0.2) is 6.61 Å². The lowest BCUT2D eigenvalue weighted by Gasteiger charge is -2.08. The molecule has 0 radical (unpaired) electrons. The van der Waals surface area contributed by atoms with Crippen molar-refractivity contribution in [3.63, 3.8) is 0 Å². The molecule has 0 spiro atoms. The van der Waals surface area contributed by atoms with E-state index in [0.717, 1.165) is 5.56 Å². The van der Waals surface area contributed by atoms with Gasteiger partial charge in [-0.1, -0.05) is 47.1 Å². The highest BCUT2D eigenvalue weighted by Crippen LogP contribution is 2.31. The molecule has 138 valence electrons. The first kappa shape index (κ1) is 18.7. The van der Waals surface area contributed by atoms with Crippen molar-refractivity contribution in [2.75, 3.05) is 11.9 Å². The lowest BCUT2D eigenvalue weighted by Crippen LogP contribution is -2.21. The van der Waals surface area contributed by atoms with E-state index >= 15 is 0 Å². The van der Waals surface area contributed by atoms with Crippen molar-refractivity contribution in [2.24, 2.45) is 0 Å². The second-order valence-corrected chi connectivity index (χ2v) is 6.34. The zero-order chi connectivity index (χ0) is 19.4. The molecule has 3 rings (SSSR count). The lowest BCUT2D eigenvalue weighted by molar-refractivity contribution is -0.119. The number of halogens is 1. The number of benzene rings is 2. The Kier molecular flexibility index (Phi) is 5.57. The van der Waals surface area contributed by atoms with Gasteiger partial charge >= 0.3 is 5.97 Å². The van der Waals surface area contributed by atoms with Crippen LogP contribution in [0.15, 0.2) is 53.1 Å². The molecular formula is C20H17ClN2O4. The summed E-state index contributed by atoms with van der Waals surface area (Å²) in [5.41, 5.74) is 2.61. The molecule has 0 aliphatic rings. The van der Waals surface area contributed by atoms with Crippen LogP contribution in [0.25, 0.3) is 11.3 Å². The molecule has 3 aromatic rings. The fourth-order valence-electron chi connectivity index (χ4n) is 2.57. The fourth-order valence-corrected chi connectivity index (χ4v) is 2.80. The first-order chi connectivity index (χ1) is 13.0. The molecule has 0 aliphatic carbocycles. The minimum atomic E-state index is -0.705. The number of nitrogens with zero attached hydrogens (tertiary/aromatic N) is 1. The highest BCUT2D eigenvalue weighted by Gasteiger charge is 2.24. The molecule has 0 aliphatic heterocycles. The standard InChI is InChI=1S/C20H17ClN2O4/c1-12-6-5-7-14(10-12)22-17(24)11-26-20(25)18-13(2)27-23-19(18)15-8-3-4-9-16(15)21/h3-10H,11H2,1-2H3,(H,22,24). The van der Waals surface area contributed by atoms with Crippen LogP contribution >= 0.6 is 11.6 Å². The van der Waals surface area contributed by atoms with Crippen LogP contribution < -0.4 is 5.32 Å². The minimum absolute atomic E-state index is 0.145. The summed E-state index contributed by atoms with van der Waals surface area (Å²) in [6.07, 6.45) is 0. The van der Waals surface area contributed by atoms with E-state index in [9.17, 15) is 9.59 Å².